The highest BCUT2D eigenvalue weighted by atomic mass is 32.1. The summed E-state index contributed by atoms with van der Waals surface area (Å²) >= 11 is 1.33. The van der Waals surface area contributed by atoms with Crippen LogP contribution < -0.4 is 5.32 Å². The Kier molecular flexibility index (Phi) is 3.90. The molecule has 0 aliphatic heterocycles. The van der Waals surface area contributed by atoms with E-state index < -0.39 is 18.0 Å². The number of amides is 1. The molecule has 0 radical (unpaired) electrons. The topological polar surface area (TPSA) is 54.9 Å². The van der Waals surface area contributed by atoms with Gasteiger partial charge in [-0.2, -0.15) is 13.2 Å². The summed E-state index contributed by atoms with van der Waals surface area (Å²) in [5, 5.41) is 11.8. The molecule has 2 saturated carbocycles. The number of rotatable bonds is 3. The number of alkyl halides is 3. The van der Waals surface area contributed by atoms with Crippen LogP contribution in [0.25, 0.3) is 0 Å². The summed E-state index contributed by atoms with van der Waals surface area (Å²) < 4.78 is 38.3. The maximum Gasteiger partial charge on any atom is 0.391 e. The lowest BCUT2D eigenvalue weighted by molar-refractivity contribution is -0.185. The lowest BCUT2D eigenvalue weighted by Gasteiger charge is -2.29. The van der Waals surface area contributed by atoms with Gasteiger partial charge >= 0.3 is 6.18 Å². The van der Waals surface area contributed by atoms with Crippen molar-refractivity contribution in [1.82, 2.24) is 10.2 Å². The number of hydrogen-bond acceptors (Lipinski definition) is 4. The zero-order valence-corrected chi connectivity index (χ0v) is 12.1. The van der Waals surface area contributed by atoms with Crippen LogP contribution >= 0.6 is 11.3 Å². The van der Waals surface area contributed by atoms with Gasteiger partial charge in [0.1, 0.15) is 5.01 Å². The molecule has 1 N–H and O–H groups in total. The molecular weight excluding hydrogens is 303 g/mol. The van der Waals surface area contributed by atoms with Gasteiger partial charge in [0.05, 0.1) is 5.92 Å². The fourth-order valence-corrected chi connectivity index (χ4v) is 3.63. The predicted molar refractivity (Wildman–Crippen MR) is 72.0 cm³/mol. The third-order valence-electron chi connectivity index (χ3n) is 4.11. The van der Waals surface area contributed by atoms with Gasteiger partial charge in [-0.15, -0.1) is 10.2 Å². The summed E-state index contributed by atoms with van der Waals surface area (Å²) in [5.41, 5.74) is 0. The summed E-state index contributed by atoms with van der Waals surface area (Å²) in [6.07, 6.45) is -1.07. The van der Waals surface area contributed by atoms with Crippen molar-refractivity contribution in [1.29, 1.82) is 0 Å². The second kappa shape index (κ2) is 5.55. The summed E-state index contributed by atoms with van der Waals surface area (Å²) in [6.45, 7) is 0. The fourth-order valence-electron chi connectivity index (χ4n) is 2.71. The Morgan fingerprint density at radius 2 is 1.95 bits per heavy atom. The first kappa shape index (κ1) is 14.7. The number of carbonyl (C=O) groups is 1. The molecule has 3 rings (SSSR count). The van der Waals surface area contributed by atoms with Crippen LogP contribution in [-0.2, 0) is 4.79 Å². The van der Waals surface area contributed by atoms with E-state index in [1.165, 1.54) is 11.3 Å². The van der Waals surface area contributed by atoms with E-state index in [0.29, 0.717) is 23.9 Å². The molecule has 1 aromatic rings. The van der Waals surface area contributed by atoms with Crippen molar-refractivity contribution < 1.29 is 18.0 Å². The number of carbonyl (C=O) groups excluding carboxylic acids is 1. The third kappa shape index (κ3) is 3.53. The van der Waals surface area contributed by atoms with Gasteiger partial charge in [0, 0.05) is 11.8 Å². The molecule has 0 spiro atoms. The number of nitrogens with zero attached hydrogens (tertiary/aromatic N) is 2. The first-order chi connectivity index (χ1) is 9.93. The zero-order chi connectivity index (χ0) is 15.0. The Labute approximate surface area is 124 Å². The minimum absolute atomic E-state index is 0.121. The molecule has 0 saturated heterocycles. The van der Waals surface area contributed by atoms with Crippen molar-refractivity contribution in [2.75, 3.05) is 5.32 Å². The van der Waals surface area contributed by atoms with Gasteiger partial charge < -0.3 is 5.32 Å². The Balaban J connectivity index is 1.58. The van der Waals surface area contributed by atoms with Crippen molar-refractivity contribution >= 4 is 22.4 Å². The molecule has 116 valence electrons. The van der Waals surface area contributed by atoms with E-state index in [9.17, 15) is 18.0 Å². The lowest BCUT2D eigenvalue weighted by Crippen LogP contribution is -2.34. The van der Waals surface area contributed by atoms with Crippen molar-refractivity contribution in [3.05, 3.63) is 5.01 Å². The first-order valence-electron chi connectivity index (χ1n) is 7.14. The number of hydrogen-bond donors (Lipinski definition) is 1. The van der Waals surface area contributed by atoms with Crippen LogP contribution in [0.4, 0.5) is 18.3 Å². The number of nitrogens with one attached hydrogen (secondary N) is 1. The van der Waals surface area contributed by atoms with Crippen LogP contribution in [0, 0.1) is 11.8 Å². The van der Waals surface area contributed by atoms with Gasteiger partial charge in [-0.1, -0.05) is 17.8 Å². The van der Waals surface area contributed by atoms with Crippen molar-refractivity contribution in [2.24, 2.45) is 11.8 Å². The average Bonchev–Trinajstić information content (AvgIpc) is 3.19. The third-order valence-corrected chi connectivity index (χ3v) is 5.11. The molecule has 4 nitrogen and oxygen atoms in total. The number of anilines is 1. The molecule has 0 bridgehead atoms. The highest BCUT2D eigenvalue weighted by Gasteiger charge is 2.43. The van der Waals surface area contributed by atoms with Crippen LogP contribution in [0.2, 0.25) is 0 Å². The van der Waals surface area contributed by atoms with E-state index in [1.807, 2.05) is 0 Å². The molecule has 0 unspecified atom stereocenters. The van der Waals surface area contributed by atoms with Gasteiger partial charge in [0.15, 0.2) is 0 Å². The molecular formula is C13H16F3N3OS. The van der Waals surface area contributed by atoms with Gasteiger partial charge in [-0.05, 0) is 32.1 Å². The Hall–Kier alpha value is -1.18. The maximum atomic E-state index is 12.8. The van der Waals surface area contributed by atoms with Gasteiger partial charge in [0.2, 0.25) is 11.0 Å². The Bertz CT molecular complexity index is 527. The normalized spacial score (nSPS) is 26.6. The summed E-state index contributed by atoms with van der Waals surface area (Å²) in [4.78, 5) is 12.1. The monoisotopic (exact) mass is 319 g/mol. The molecule has 2 aliphatic rings. The maximum absolute atomic E-state index is 12.8. The Morgan fingerprint density at radius 1 is 1.19 bits per heavy atom. The summed E-state index contributed by atoms with van der Waals surface area (Å²) in [7, 11) is 0. The molecule has 21 heavy (non-hydrogen) atoms. The van der Waals surface area contributed by atoms with Crippen LogP contribution in [-0.4, -0.2) is 22.3 Å². The molecule has 1 heterocycles. The van der Waals surface area contributed by atoms with E-state index >= 15 is 0 Å². The van der Waals surface area contributed by atoms with E-state index in [4.69, 9.17) is 0 Å². The van der Waals surface area contributed by atoms with Crippen LogP contribution in [0.1, 0.15) is 49.5 Å². The Morgan fingerprint density at radius 3 is 2.62 bits per heavy atom. The second-order valence-electron chi connectivity index (χ2n) is 5.81. The average molecular weight is 319 g/mol. The molecule has 1 amide bonds. The minimum atomic E-state index is -4.21. The van der Waals surface area contributed by atoms with Gasteiger partial charge in [-0.3, -0.25) is 4.79 Å². The van der Waals surface area contributed by atoms with Crippen molar-refractivity contribution in [3.63, 3.8) is 0 Å². The van der Waals surface area contributed by atoms with Crippen molar-refractivity contribution in [3.8, 4) is 0 Å². The van der Waals surface area contributed by atoms with E-state index in [-0.39, 0.29) is 18.7 Å². The smallest absolute Gasteiger partial charge is 0.300 e. The SMILES string of the molecule is O=C(Nc1nnc(C2CC2)s1)[C@H]1CCC[C@H](C(F)(F)F)C1. The van der Waals surface area contributed by atoms with E-state index in [1.54, 1.807) is 0 Å². The standard InChI is InChI=1S/C13H16F3N3OS/c14-13(15,16)9-3-1-2-8(6-9)10(20)17-12-19-18-11(21-12)7-4-5-7/h7-9H,1-6H2,(H,17,19,20)/t8-,9-/m0/s1. The highest BCUT2D eigenvalue weighted by Crippen LogP contribution is 2.43. The number of halogens is 3. The number of aromatic nitrogens is 2. The summed E-state index contributed by atoms with van der Waals surface area (Å²) in [6, 6.07) is 0. The van der Waals surface area contributed by atoms with Crippen LogP contribution in [0.5, 0.6) is 0 Å². The van der Waals surface area contributed by atoms with Gasteiger partial charge in [-0.25, -0.2) is 0 Å². The largest absolute Gasteiger partial charge is 0.391 e. The predicted octanol–water partition coefficient (Wildman–Crippen LogP) is 3.72. The summed E-state index contributed by atoms with van der Waals surface area (Å²) in [5.74, 6) is -1.85. The minimum Gasteiger partial charge on any atom is -0.300 e. The van der Waals surface area contributed by atoms with Gasteiger partial charge in [0.25, 0.3) is 0 Å². The quantitative estimate of drug-likeness (QED) is 0.924. The zero-order valence-electron chi connectivity index (χ0n) is 11.3. The van der Waals surface area contributed by atoms with Crippen molar-refractivity contribution in [2.45, 2.75) is 50.6 Å². The molecule has 1 aromatic heterocycles. The van der Waals surface area contributed by atoms with Crippen LogP contribution in [0.15, 0.2) is 0 Å². The highest BCUT2D eigenvalue weighted by molar-refractivity contribution is 7.15. The van der Waals surface area contributed by atoms with E-state index in [0.717, 1.165) is 17.8 Å². The molecule has 2 fully saturated rings. The molecule has 2 atom stereocenters. The van der Waals surface area contributed by atoms with E-state index in [2.05, 4.69) is 15.5 Å². The molecule has 8 heteroatoms. The molecule has 0 aromatic carbocycles. The first-order valence-corrected chi connectivity index (χ1v) is 7.96. The molecule has 2 aliphatic carbocycles. The fraction of sp³-hybridized carbons (Fsp3) is 0.769. The second-order valence-corrected chi connectivity index (χ2v) is 6.82. The van der Waals surface area contributed by atoms with Crippen LogP contribution in [0.3, 0.4) is 0 Å². The lowest BCUT2D eigenvalue weighted by atomic mass is 9.80.